The fourth-order valence-corrected chi connectivity index (χ4v) is 3.87. The van der Waals surface area contributed by atoms with Crippen molar-refractivity contribution in [2.24, 2.45) is 5.92 Å². The highest BCUT2D eigenvalue weighted by atomic mass is 35.5. The zero-order valence-electron chi connectivity index (χ0n) is 16.1. The van der Waals surface area contributed by atoms with E-state index in [4.69, 9.17) is 11.6 Å². The summed E-state index contributed by atoms with van der Waals surface area (Å²) in [4.78, 5) is 14.8. The van der Waals surface area contributed by atoms with Crippen LogP contribution in [-0.4, -0.2) is 42.6 Å². The molecule has 1 amide bonds. The Morgan fingerprint density at radius 2 is 2.00 bits per heavy atom. The maximum Gasteiger partial charge on any atom is 0.224 e. The van der Waals surface area contributed by atoms with Crippen molar-refractivity contribution in [1.29, 1.82) is 0 Å². The van der Waals surface area contributed by atoms with Gasteiger partial charge in [-0.25, -0.2) is 0 Å². The predicted molar refractivity (Wildman–Crippen MR) is 109 cm³/mol. The van der Waals surface area contributed by atoms with Gasteiger partial charge < -0.3 is 15.3 Å². The molecule has 0 saturated heterocycles. The Hall–Kier alpha value is -2.04. The second-order valence-electron chi connectivity index (χ2n) is 7.88. The minimum Gasteiger partial charge on any atom is -0.508 e. The van der Waals surface area contributed by atoms with Crippen molar-refractivity contribution in [3.63, 3.8) is 0 Å². The van der Waals surface area contributed by atoms with E-state index in [1.807, 2.05) is 38.4 Å². The number of phenols is 1. The van der Waals surface area contributed by atoms with E-state index in [0.29, 0.717) is 18.0 Å². The van der Waals surface area contributed by atoms with E-state index in [-0.39, 0.29) is 29.0 Å². The van der Waals surface area contributed by atoms with Crippen molar-refractivity contribution in [2.45, 2.75) is 31.2 Å². The number of likely N-dealkylation sites (N-methyl/N-ethyl adjacent to an activating group) is 1. The van der Waals surface area contributed by atoms with Gasteiger partial charge in [-0.15, -0.1) is 0 Å². The molecular formula is C22H27ClN2O2. The number of aromatic hydroxyl groups is 1. The normalized spacial score (nSPS) is 22.5. The molecule has 0 spiro atoms. The third kappa shape index (κ3) is 4.45. The number of nitrogens with zero attached hydrogens (tertiary/aromatic N) is 1. The monoisotopic (exact) mass is 386 g/mol. The van der Waals surface area contributed by atoms with Gasteiger partial charge in [-0.3, -0.25) is 4.79 Å². The first-order valence-corrected chi connectivity index (χ1v) is 9.66. The molecule has 0 radical (unpaired) electrons. The maximum absolute atomic E-state index is 12.7. The zero-order chi connectivity index (χ0) is 19.6. The van der Waals surface area contributed by atoms with Crippen LogP contribution >= 0.6 is 11.6 Å². The topological polar surface area (TPSA) is 52.6 Å². The second kappa shape index (κ2) is 7.91. The van der Waals surface area contributed by atoms with Gasteiger partial charge in [0, 0.05) is 28.9 Å². The van der Waals surface area contributed by atoms with Crippen LogP contribution in [0.4, 0.5) is 0 Å². The Bertz CT molecular complexity index is 809. The number of halogens is 1. The third-order valence-corrected chi connectivity index (χ3v) is 6.07. The number of hydrogen-bond acceptors (Lipinski definition) is 3. The summed E-state index contributed by atoms with van der Waals surface area (Å²) in [6.07, 6.45) is 1.59. The maximum atomic E-state index is 12.7. The lowest BCUT2D eigenvalue weighted by Crippen LogP contribution is -2.42. The molecule has 144 valence electrons. The summed E-state index contributed by atoms with van der Waals surface area (Å²) >= 11 is 6.24. The number of nitrogens with one attached hydrogen (secondary N) is 1. The molecule has 0 bridgehead atoms. The number of carbonyl (C=O) groups excluding carboxylic acids is 1. The Kier molecular flexibility index (Phi) is 5.78. The van der Waals surface area contributed by atoms with Crippen LogP contribution in [0.2, 0.25) is 5.02 Å². The van der Waals surface area contributed by atoms with E-state index in [9.17, 15) is 9.90 Å². The van der Waals surface area contributed by atoms with Crippen LogP contribution in [0.15, 0.2) is 48.5 Å². The molecule has 1 saturated carbocycles. The molecule has 5 heteroatoms. The SMILES string of the molecule is CN(C)C(CNC(=O)C1CC1(C)c1ccccc1)Cc1ccc(O)cc1Cl. The first-order chi connectivity index (χ1) is 12.8. The highest BCUT2D eigenvalue weighted by molar-refractivity contribution is 6.31. The van der Waals surface area contributed by atoms with Crippen LogP contribution < -0.4 is 5.32 Å². The van der Waals surface area contributed by atoms with Crippen molar-refractivity contribution >= 4 is 17.5 Å². The van der Waals surface area contributed by atoms with E-state index < -0.39 is 0 Å². The van der Waals surface area contributed by atoms with Gasteiger partial charge in [-0.1, -0.05) is 54.9 Å². The molecule has 0 heterocycles. The molecule has 3 rings (SSSR count). The number of carbonyl (C=O) groups is 1. The fourth-order valence-electron chi connectivity index (χ4n) is 3.62. The molecule has 1 aliphatic carbocycles. The summed E-state index contributed by atoms with van der Waals surface area (Å²) in [5, 5.41) is 13.2. The van der Waals surface area contributed by atoms with Crippen LogP contribution in [0.5, 0.6) is 5.75 Å². The largest absolute Gasteiger partial charge is 0.508 e. The number of benzene rings is 2. The predicted octanol–water partition coefficient (Wildman–Crippen LogP) is 3.61. The van der Waals surface area contributed by atoms with Gasteiger partial charge in [0.1, 0.15) is 5.75 Å². The van der Waals surface area contributed by atoms with Crippen molar-refractivity contribution in [3.8, 4) is 5.75 Å². The van der Waals surface area contributed by atoms with E-state index in [0.717, 1.165) is 12.0 Å². The van der Waals surface area contributed by atoms with E-state index in [1.54, 1.807) is 12.1 Å². The van der Waals surface area contributed by atoms with Crippen molar-refractivity contribution in [2.75, 3.05) is 20.6 Å². The highest BCUT2D eigenvalue weighted by Gasteiger charge is 2.55. The number of amides is 1. The summed E-state index contributed by atoms with van der Waals surface area (Å²) in [5.74, 6) is 0.303. The van der Waals surface area contributed by atoms with Crippen molar-refractivity contribution < 1.29 is 9.90 Å². The van der Waals surface area contributed by atoms with E-state index in [1.165, 1.54) is 5.56 Å². The van der Waals surface area contributed by atoms with Gasteiger partial charge in [-0.05, 0) is 50.2 Å². The van der Waals surface area contributed by atoms with Gasteiger partial charge in [0.05, 0.1) is 0 Å². The minimum absolute atomic E-state index is 0.0278. The zero-order valence-corrected chi connectivity index (χ0v) is 16.8. The minimum atomic E-state index is -0.0563. The van der Waals surface area contributed by atoms with Crippen LogP contribution in [-0.2, 0) is 16.6 Å². The van der Waals surface area contributed by atoms with Gasteiger partial charge >= 0.3 is 0 Å². The van der Waals surface area contributed by atoms with Crippen LogP contribution in [0.3, 0.4) is 0 Å². The molecule has 2 aromatic carbocycles. The number of hydrogen-bond donors (Lipinski definition) is 2. The molecule has 27 heavy (non-hydrogen) atoms. The van der Waals surface area contributed by atoms with Gasteiger partial charge in [0.25, 0.3) is 0 Å². The lowest BCUT2D eigenvalue weighted by atomic mass is 9.95. The van der Waals surface area contributed by atoms with Crippen molar-refractivity contribution in [1.82, 2.24) is 10.2 Å². The van der Waals surface area contributed by atoms with Gasteiger partial charge in [0.15, 0.2) is 0 Å². The molecule has 4 nitrogen and oxygen atoms in total. The summed E-state index contributed by atoms with van der Waals surface area (Å²) in [6, 6.07) is 15.4. The summed E-state index contributed by atoms with van der Waals surface area (Å²) in [6.45, 7) is 2.72. The molecule has 0 aromatic heterocycles. The quantitative estimate of drug-likeness (QED) is 0.764. The number of phenolic OH excluding ortho intramolecular Hbond substituents is 1. The third-order valence-electron chi connectivity index (χ3n) is 5.72. The fraction of sp³-hybridized carbons (Fsp3) is 0.409. The molecule has 2 N–H and O–H groups in total. The smallest absolute Gasteiger partial charge is 0.224 e. The average Bonchev–Trinajstić information content (AvgIpc) is 3.34. The standard InChI is InChI=1S/C22H27ClN2O2/c1-22(16-7-5-4-6-8-16)13-19(22)21(27)24-14-17(25(2)3)11-15-9-10-18(26)12-20(15)23/h4-10,12,17,19,26H,11,13-14H2,1-3H3,(H,24,27). The lowest BCUT2D eigenvalue weighted by Gasteiger charge is -2.25. The summed E-state index contributed by atoms with van der Waals surface area (Å²) in [5.41, 5.74) is 2.13. The Balaban J connectivity index is 1.59. The molecule has 1 fully saturated rings. The Morgan fingerprint density at radius 3 is 2.63 bits per heavy atom. The second-order valence-corrected chi connectivity index (χ2v) is 8.29. The van der Waals surface area contributed by atoms with E-state index >= 15 is 0 Å². The lowest BCUT2D eigenvalue weighted by molar-refractivity contribution is -0.122. The van der Waals surface area contributed by atoms with Gasteiger partial charge in [-0.2, -0.15) is 0 Å². The molecule has 3 unspecified atom stereocenters. The van der Waals surface area contributed by atoms with Crippen molar-refractivity contribution in [3.05, 3.63) is 64.7 Å². The molecule has 1 aliphatic rings. The first kappa shape index (κ1) is 19.7. The average molecular weight is 387 g/mol. The van der Waals surface area contributed by atoms with Gasteiger partial charge in [0.2, 0.25) is 5.91 Å². The Morgan fingerprint density at radius 1 is 1.30 bits per heavy atom. The molecule has 2 aromatic rings. The Labute approximate surface area is 166 Å². The van der Waals surface area contributed by atoms with E-state index in [2.05, 4.69) is 29.3 Å². The highest BCUT2D eigenvalue weighted by Crippen LogP contribution is 2.53. The van der Waals surface area contributed by atoms with Crippen LogP contribution in [0.1, 0.15) is 24.5 Å². The summed E-state index contributed by atoms with van der Waals surface area (Å²) in [7, 11) is 3.99. The molecule has 0 aliphatic heterocycles. The first-order valence-electron chi connectivity index (χ1n) is 9.28. The number of rotatable bonds is 7. The molecular weight excluding hydrogens is 360 g/mol. The van der Waals surface area contributed by atoms with Crippen LogP contribution in [0.25, 0.3) is 0 Å². The summed E-state index contributed by atoms with van der Waals surface area (Å²) < 4.78 is 0. The van der Waals surface area contributed by atoms with Crippen LogP contribution in [0, 0.1) is 5.92 Å². The molecule has 3 atom stereocenters.